The minimum atomic E-state index is -0.104. The highest BCUT2D eigenvalue weighted by Crippen LogP contribution is 2.07. The zero-order valence-electron chi connectivity index (χ0n) is 11.6. The quantitative estimate of drug-likeness (QED) is 0.634. The van der Waals surface area contributed by atoms with E-state index < -0.39 is 0 Å². The zero-order valence-corrected chi connectivity index (χ0v) is 12.4. The highest BCUT2D eigenvalue weighted by molar-refractivity contribution is 7.99. The molecule has 1 unspecified atom stereocenters. The van der Waals surface area contributed by atoms with Crippen molar-refractivity contribution >= 4 is 23.6 Å². The van der Waals surface area contributed by atoms with Gasteiger partial charge in [-0.25, -0.2) is 0 Å². The van der Waals surface area contributed by atoms with Crippen molar-refractivity contribution in [2.24, 2.45) is 11.7 Å². The second-order valence-electron chi connectivity index (χ2n) is 4.46. The van der Waals surface area contributed by atoms with E-state index in [1.807, 2.05) is 6.92 Å². The van der Waals surface area contributed by atoms with Crippen molar-refractivity contribution in [2.75, 3.05) is 38.2 Å². The summed E-state index contributed by atoms with van der Waals surface area (Å²) < 4.78 is 0. The second-order valence-corrected chi connectivity index (χ2v) is 5.49. The molecule has 0 saturated heterocycles. The monoisotopic (exact) mass is 275 g/mol. The first-order valence-corrected chi connectivity index (χ1v) is 7.45. The molecule has 0 rings (SSSR count). The predicted molar refractivity (Wildman–Crippen MR) is 76.5 cm³/mol. The predicted octanol–water partition coefficient (Wildman–Crippen LogP) is 0.299. The minimum Gasteiger partial charge on any atom is -0.355 e. The topological polar surface area (TPSA) is 75.4 Å². The molecule has 0 aliphatic heterocycles. The first-order chi connectivity index (χ1) is 8.51. The molecule has 0 bridgehead atoms. The van der Waals surface area contributed by atoms with Crippen molar-refractivity contribution in [1.82, 2.24) is 10.2 Å². The van der Waals surface area contributed by atoms with E-state index in [4.69, 9.17) is 5.73 Å². The van der Waals surface area contributed by atoms with Gasteiger partial charge in [-0.05, 0) is 24.6 Å². The van der Waals surface area contributed by atoms with Crippen molar-refractivity contribution in [2.45, 2.75) is 20.3 Å². The maximum absolute atomic E-state index is 11.7. The van der Waals surface area contributed by atoms with Crippen LogP contribution in [0.5, 0.6) is 0 Å². The van der Waals surface area contributed by atoms with Crippen LogP contribution in [-0.2, 0) is 9.59 Å². The lowest BCUT2D eigenvalue weighted by atomic mass is 10.2. The lowest BCUT2D eigenvalue weighted by molar-refractivity contribution is -0.132. The SMILES string of the molecule is CCCNC(=O)CN(C)C(=O)CSCC(C)CN. The summed E-state index contributed by atoms with van der Waals surface area (Å²) in [5, 5.41) is 2.75. The van der Waals surface area contributed by atoms with E-state index in [0.29, 0.717) is 24.8 Å². The van der Waals surface area contributed by atoms with Crippen LogP contribution in [0.4, 0.5) is 0 Å². The highest BCUT2D eigenvalue weighted by Gasteiger charge is 2.12. The van der Waals surface area contributed by atoms with Gasteiger partial charge >= 0.3 is 0 Å². The van der Waals surface area contributed by atoms with Crippen molar-refractivity contribution < 1.29 is 9.59 Å². The molecule has 0 aromatic rings. The summed E-state index contributed by atoms with van der Waals surface area (Å²) >= 11 is 1.56. The third kappa shape index (κ3) is 8.36. The fourth-order valence-corrected chi connectivity index (χ4v) is 2.20. The van der Waals surface area contributed by atoms with Gasteiger partial charge in [0.15, 0.2) is 0 Å². The molecule has 1 atom stereocenters. The Kier molecular flexibility index (Phi) is 9.77. The Morgan fingerprint density at radius 1 is 1.44 bits per heavy atom. The molecule has 0 aliphatic carbocycles. The number of nitrogens with zero attached hydrogens (tertiary/aromatic N) is 1. The number of likely N-dealkylation sites (N-methyl/N-ethyl adjacent to an activating group) is 1. The van der Waals surface area contributed by atoms with Gasteiger partial charge in [0.25, 0.3) is 0 Å². The van der Waals surface area contributed by atoms with E-state index in [0.717, 1.165) is 12.2 Å². The molecule has 0 heterocycles. The molecular formula is C12H25N3O2S. The number of amides is 2. The van der Waals surface area contributed by atoms with Crippen molar-refractivity contribution in [3.63, 3.8) is 0 Å². The van der Waals surface area contributed by atoms with Crippen LogP contribution < -0.4 is 11.1 Å². The fourth-order valence-electron chi connectivity index (χ4n) is 1.15. The van der Waals surface area contributed by atoms with E-state index in [1.165, 1.54) is 4.90 Å². The van der Waals surface area contributed by atoms with Crippen molar-refractivity contribution in [1.29, 1.82) is 0 Å². The van der Waals surface area contributed by atoms with Crippen LogP contribution in [-0.4, -0.2) is 54.9 Å². The largest absolute Gasteiger partial charge is 0.355 e. The van der Waals surface area contributed by atoms with E-state index in [2.05, 4.69) is 12.2 Å². The molecule has 0 aromatic carbocycles. The van der Waals surface area contributed by atoms with Gasteiger partial charge in [0, 0.05) is 13.6 Å². The number of rotatable bonds is 9. The van der Waals surface area contributed by atoms with Crippen LogP contribution in [0.3, 0.4) is 0 Å². The van der Waals surface area contributed by atoms with Gasteiger partial charge in [-0.2, -0.15) is 11.8 Å². The summed E-state index contributed by atoms with van der Waals surface area (Å²) in [6, 6.07) is 0. The molecule has 0 aromatic heterocycles. The zero-order chi connectivity index (χ0) is 14.0. The van der Waals surface area contributed by atoms with Crippen LogP contribution in [0.2, 0.25) is 0 Å². The Hall–Kier alpha value is -0.750. The summed E-state index contributed by atoms with van der Waals surface area (Å²) in [5.41, 5.74) is 5.50. The summed E-state index contributed by atoms with van der Waals surface area (Å²) in [5.74, 6) is 1.57. The van der Waals surface area contributed by atoms with Gasteiger partial charge in [0.05, 0.1) is 12.3 Å². The van der Waals surface area contributed by atoms with E-state index in [-0.39, 0.29) is 18.4 Å². The Morgan fingerprint density at radius 2 is 2.11 bits per heavy atom. The second kappa shape index (κ2) is 10.2. The maximum atomic E-state index is 11.7. The number of hydrogen-bond acceptors (Lipinski definition) is 4. The first kappa shape index (κ1) is 17.2. The summed E-state index contributed by atoms with van der Waals surface area (Å²) in [4.78, 5) is 24.6. The molecule has 5 nitrogen and oxygen atoms in total. The van der Waals surface area contributed by atoms with Crippen molar-refractivity contribution in [3.8, 4) is 0 Å². The molecule has 0 spiro atoms. The van der Waals surface area contributed by atoms with Crippen LogP contribution in [0.1, 0.15) is 20.3 Å². The minimum absolute atomic E-state index is 0.0177. The van der Waals surface area contributed by atoms with Gasteiger partial charge in [0.1, 0.15) is 0 Å². The third-order valence-electron chi connectivity index (χ3n) is 2.41. The summed E-state index contributed by atoms with van der Waals surface area (Å²) in [6.45, 7) is 5.47. The van der Waals surface area contributed by atoms with Gasteiger partial charge < -0.3 is 16.0 Å². The van der Waals surface area contributed by atoms with Gasteiger partial charge in [0.2, 0.25) is 11.8 Å². The molecular weight excluding hydrogens is 250 g/mol. The van der Waals surface area contributed by atoms with Gasteiger partial charge in [-0.15, -0.1) is 0 Å². The Balaban J connectivity index is 3.78. The van der Waals surface area contributed by atoms with Gasteiger partial charge in [-0.3, -0.25) is 9.59 Å². The highest BCUT2D eigenvalue weighted by atomic mass is 32.2. The van der Waals surface area contributed by atoms with Crippen LogP contribution >= 0.6 is 11.8 Å². The Morgan fingerprint density at radius 3 is 2.67 bits per heavy atom. The number of nitrogens with one attached hydrogen (secondary N) is 1. The smallest absolute Gasteiger partial charge is 0.239 e. The summed E-state index contributed by atoms with van der Waals surface area (Å²) in [6.07, 6.45) is 0.899. The summed E-state index contributed by atoms with van der Waals surface area (Å²) in [7, 11) is 1.65. The molecule has 0 saturated carbocycles. The third-order valence-corrected chi connectivity index (χ3v) is 3.66. The average Bonchev–Trinajstić information content (AvgIpc) is 2.35. The fraction of sp³-hybridized carbons (Fsp3) is 0.833. The van der Waals surface area contributed by atoms with E-state index in [1.54, 1.807) is 18.8 Å². The van der Waals surface area contributed by atoms with Gasteiger partial charge in [-0.1, -0.05) is 13.8 Å². The van der Waals surface area contributed by atoms with Crippen LogP contribution in [0.25, 0.3) is 0 Å². The number of thioether (sulfide) groups is 1. The molecule has 0 aliphatic rings. The standard InChI is InChI=1S/C12H25N3O2S/c1-4-5-14-11(16)7-15(3)12(17)9-18-8-10(2)6-13/h10H,4-9,13H2,1-3H3,(H,14,16). The van der Waals surface area contributed by atoms with Crippen LogP contribution in [0.15, 0.2) is 0 Å². The molecule has 18 heavy (non-hydrogen) atoms. The lowest BCUT2D eigenvalue weighted by Gasteiger charge is -2.17. The Bertz CT molecular complexity index is 262. The molecule has 6 heteroatoms. The lowest BCUT2D eigenvalue weighted by Crippen LogP contribution is -2.39. The molecule has 2 amide bonds. The molecule has 0 fully saturated rings. The molecule has 106 valence electrons. The number of carbonyl (C=O) groups excluding carboxylic acids is 2. The maximum Gasteiger partial charge on any atom is 0.239 e. The average molecular weight is 275 g/mol. The normalized spacial score (nSPS) is 12.0. The van der Waals surface area contributed by atoms with Crippen molar-refractivity contribution in [3.05, 3.63) is 0 Å². The molecule has 0 radical (unpaired) electrons. The van der Waals surface area contributed by atoms with E-state index in [9.17, 15) is 9.59 Å². The van der Waals surface area contributed by atoms with Crippen LogP contribution in [0, 0.1) is 5.92 Å². The number of hydrogen-bond donors (Lipinski definition) is 2. The molecule has 3 N–H and O–H groups in total. The van der Waals surface area contributed by atoms with E-state index >= 15 is 0 Å². The number of nitrogens with two attached hydrogens (primary N) is 1. The first-order valence-electron chi connectivity index (χ1n) is 6.29. The number of carbonyl (C=O) groups is 2. The Labute approximate surface area is 114 Å².